The number of carbonyl (C=O) groups excluding carboxylic acids is 1. The fourth-order valence-corrected chi connectivity index (χ4v) is 2.02. The number of halogens is 1. The van der Waals surface area contributed by atoms with Crippen LogP contribution in [0.4, 0.5) is 0 Å². The molecule has 0 amide bonds. The van der Waals surface area contributed by atoms with Crippen molar-refractivity contribution in [2.45, 2.75) is 39.0 Å². The van der Waals surface area contributed by atoms with Crippen molar-refractivity contribution >= 4 is 17.6 Å². The molecule has 1 atom stereocenters. The minimum absolute atomic E-state index is 0.124. The van der Waals surface area contributed by atoms with Gasteiger partial charge in [0.2, 0.25) is 0 Å². The molecule has 0 fully saturated rings. The highest BCUT2D eigenvalue weighted by molar-refractivity contribution is 6.30. The Bertz CT molecular complexity index is 346. The summed E-state index contributed by atoms with van der Waals surface area (Å²) in [5, 5.41) is 0.722. The molecule has 0 unspecified atom stereocenters. The van der Waals surface area contributed by atoms with E-state index in [1.165, 1.54) is 0 Å². The van der Waals surface area contributed by atoms with Crippen LogP contribution in [0.3, 0.4) is 0 Å². The van der Waals surface area contributed by atoms with Gasteiger partial charge in [0, 0.05) is 5.02 Å². The monoisotopic (exact) mass is 254 g/mol. The van der Waals surface area contributed by atoms with E-state index >= 15 is 0 Å². The molecule has 0 aliphatic heterocycles. The normalized spacial score (nSPS) is 12.2. The molecule has 2 nitrogen and oxygen atoms in total. The molecular formula is C14H19ClO2. The van der Waals surface area contributed by atoms with Crippen LogP contribution < -0.4 is 0 Å². The van der Waals surface area contributed by atoms with Crippen LogP contribution in [-0.2, 0) is 9.53 Å². The van der Waals surface area contributed by atoms with Crippen molar-refractivity contribution in [2.24, 2.45) is 0 Å². The summed E-state index contributed by atoms with van der Waals surface area (Å²) in [7, 11) is 0. The minimum atomic E-state index is -0.124. The Kier molecular flexibility index (Phi) is 6.06. The lowest BCUT2D eigenvalue weighted by atomic mass is 9.91. The van der Waals surface area contributed by atoms with Crippen molar-refractivity contribution in [2.75, 3.05) is 6.61 Å². The van der Waals surface area contributed by atoms with Crippen molar-refractivity contribution in [3.05, 3.63) is 34.9 Å². The average Bonchev–Trinajstić information content (AvgIpc) is 2.30. The Balaban J connectivity index is 2.71. The molecule has 94 valence electrons. The predicted molar refractivity (Wildman–Crippen MR) is 70.4 cm³/mol. The van der Waals surface area contributed by atoms with Gasteiger partial charge in [-0.3, -0.25) is 4.79 Å². The van der Waals surface area contributed by atoms with E-state index in [1.807, 2.05) is 31.2 Å². The van der Waals surface area contributed by atoms with Gasteiger partial charge in [-0.25, -0.2) is 0 Å². The van der Waals surface area contributed by atoms with Crippen molar-refractivity contribution in [1.29, 1.82) is 0 Å². The number of ether oxygens (including phenoxy) is 1. The first-order chi connectivity index (χ1) is 8.17. The summed E-state index contributed by atoms with van der Waals surface area (Å²) in [6.07, 6.45) is 2.48. The molecule has 3 heteroatoms. The van der Waals surface area contributed by atoms with Crippen molar-refractivity contribution < 1.29 is 9.53 Å². The van der Waals surface area contributed by atoms with E-state index in [4.69, 9.17) is 16.3 Å². The number of hydrogen-bond acceptors (Lipinski definition) is 2. The summed E-state index contributed by atoms with van der Waals surface area (Å²) in [6, 6.07) is 7.71. The van der Waals surface area contributed by atoms with Gasteiger partial charge in [-0.15, -0.1) is 0 Å². The zero-order valence-electron chi connectivity index (χ0n) is 10.4. The summed E-state index contributed by atoms with van der Waals surface area (Å²) in [4.78, 5) is 11.5. The van der Waals surface area contributed by atoms with Crippen LogP contribution in [0.5, 0.6) is 0 Å². The molecular weight excluding hydrogens is 236 g/mol. The second kappa shape index (κ2) is 7.33. The molecule has 0 bridgehead atoms. The fourth-order valence-electron chi connectivity index (χ4n) is 1.89. The molecule has 1 rings (SSSR count). The standard InChI is InChI=1S/C14H19ClO2/c1-3-5-12(10-14(16)17-4-2)11-6-8-13(15)9-7-11/h6-9,12H,3-5,10H2,1-2H3/t12-/m1/s1. The van der Waals surface area contributed by atoms with E-state index in [0.29, 0.717) is 13.0 Å². The topological polar surface area (TPSA) is 26.3 Å². The highest BCUT2D eigenvalue weighted by atomic mass is 35.5. The van der Waals surface area contributed by atoms with E-state index in [1.54, 1.807) is 0 Å². The van der Waals surface area contributed by atoms with E-state index < -0.39 is 0 Å². The molecule has 0 radical (unpaired) electrons. The molecule has 1 aromatic rings. The third-order valence-corrected chi connectivity index (χ3v) is 2.95. The highest BCUT2D eigenvalue weighted by Crippen LogP contribution is 2.26. The number of esters is 1. The summed E-state index contributed by atoms with van der Waals surface area (Å²) in [6.45, 7) is 4.39. The maximum Gasteiger partial charge on any atom is 0.306 e. The molecule has 0 aliphatic rings. The van der Waals surface area contributed by atoms with Gasteiger partial charge in [-0.2, -0.15) is 0 Å². The third-order valence-electron chi connectivity index (χ3n) is 2.70. The Morgan fingerprint density at radius 2 is 1.94 bits per heavy atom. The molecule has 1 aromatic carbocycles. The van der Waals surface area contributed by atoms with Gasteiger partial charge in [0.1, 0.15) is 0 Å². The van der Waals surface area contributed by atoms with Crippen molar-refractivity contribution in [3.8, 4) is 0 Å². The molecule has 0 aliphatic carbocycles. The van der Waals surface area contributed by atoms with Gasteiger partial charge in [0.25, 0.3) is 0 Å². The first-order valence-corrected chi connectivity index (χ1v) is 6.46. The largest absolute Gasteiger partial charge is 0.466 e. The van der Waals surface area contributed by atoms with Crippen LogP contribution in [0, 0.1) is 0 Å². The molecule has 0 aromatic heterocycles. The van der Waals surface area contributed by atoms with Gasteiger partial charge < -0.3 is 4.74 Å². The van der Waals surface area contributed by atoms with E-state index in [9.17, 15) is 4.79 Å². The van der Waals surface area contributed by atoms with Crippen molar-refractivity contribution in [1.82, 2.24) is 0 Å². The SMILES string of the molecule is CCC[C@H](CC(=O)OCC)c1ccc(Cl)cc1. The third kappa shape index (κ3) is 4.78. The van der Waals surface area contributed by atoms with Gasteiger partial charge in [0.15, 0.2) is 0 Å². The minimum Gasteiger partial charge on any atom is -0.466 e. The van der Waals surface area contributed by atoms with Crippen LogP contribution in [-0.4, -0.2) is 12.6 Å². The fraction of sp³-hybridized carbons (Fsp3) is 0.500. The van der Waals surface area contributed by atoms with E-state index in [2.05, 4.69) is 6.92 Å². The van der Waals surface area contributed by atoms with Crippen LogP contribution in [0.1, 0.15) is 44.6 Å². The number of hydrogen-bond donors (Lipinski definition) is 0. The molecule has 0 heterocycles. The zero-order chi connectivity index (χ0) is 12.7. The first-order valence-electron chi connectivity index (χ1n) is 6.08. The zero-order valence-corrected chi connectivity index (χ0v) is 11.2. The second-order valence-electron chi connectivity index (χ2n) is 4.05. The predicted octanol–water partition coefficient (Wildman–Crippen LogP) is 4.18. The Hall–Kier alpha value is -1.02. The van der Waals surface area contributed by atoms with Gasteiger partial charge in [-0.1, -0.05) is 37.1 Å². The first kappa shape index (κ1) is 14.0. The van der Waals surface area contributed by atoms with Gasteiger partial charge in [0.05, 0.1) is 13.0 Å². The van der Waals surface area contributed by atoms with Gasteiger partial charge >= 0.3 is 5.97 Å². The van der Waals surface area contributed by atoms with Crippen LogP contribution in [0.25, 0.3) is 0 Å². The lowest BCUT2D eigenvalue weighted by Gasteiger charge is -2.15. The van der Waals surface area contributed by atoms with E-state index in [0.717, 1.165) is 23.4 Å². The van der Waals surface area contributed by atoms with Crippen LogP contribution in [0.2, 0.25) is 5.02 Å². The number of carbonyl (C=O) groups is 1. The lowest BCUT2D eigenvalue weighted by molar-refractivity contribution is -0.143. The summed E-state index contributed by atoms with van der Waals surface area (Å²) < 4.78 is 5.00. The Morgan fingerprint density at radius 1 is 1.29 bits per heavy atom. The van der Waals surface area contributed by atoms with E-state index in [-0.39, 0.29) is 11.9 Å². The maximum absolute atomic E-state index is 11.5. The summed E-state index contributed by atoms with van der Waals surface area (Å²) >= 11 is 5.86. The Morgan fingerprint density at radius 3 is 2.47 bits per heavy atom. The highest BCUT2D eigenvalue weighted by Gasteiger charge is 2.15. The molecule has 0 saturated carbocycles. The van der Waals surface area contributed by atoms with Crippen LogP contribution >= 0.6 is 11.6 Å². The average molecular weight is 255 g/mol. The summed E-state index contributed by atoms with van der Waals surface area (Å²) in [5.74, 6) is 0.109. The van der Waals surface area contributed by atoms with Crippen LogP contribution in [0.15, 0.2) is 24.3 Å². The molecule has 0 saturated heterocycles. The molecule has 0 spiro atoms. The lowest BCUT2D eigenvalue weighted by Crippen LogP contribution is -2.10. The quantitative estimate of drug-likeness (QED) is 0.712. The maximum atomic E-state index is 11.5. The smallest absolute Gasteiger partial charge is 0.306 e. The number of rotatable bonds is 6. The second-order valence-corrected chi connectivity index (χ2v) is 4.48. The molecule has 0 N–H and O–H groups in total. The Labute approximate surface area is 108 Å². The summed E-state index contributed by atoms with van der Waals surface area (Å²) in [5.41, 5.74) is 1.16. The van der Waals surface area contributed by atoms with Crippen molar-refractivity contribution in [3.63, 3.8) is 0 Å². The molecule has 17 heavy (non-hydrogen) atoms. The van der Waals surface area contributed by atoms with Gasteiger partial charge in [-0.05, 0) is 37.0 Å². The number of benzene rings is 1.